The van der Waals surface area contributed by atoms with Gasteiger partial charge in [-0.05, 0) is 23.9 Å². The fourth-order valence-electron chi connectivity index (χ4n) is 2.70. The SMILES string of the molecule is COC(=O)CN1C(=O)S/C(=C/c2cn(CC(=O)OC)c3ccccc23)C1=O. The number of amides is 2. The van der Waals surface area contributed by atoms with E-state index in [1.165, 1.54) is 14.2 Å². The summed E-state index contributed by atoms with van der Waals surface area (Å²) < 4.78 is 10.9. The number of methoxy groups -OCH3 is 2. The molecule has 0 saturated carbocycles. The molecule has 0 bridgehead atoms. The van der Waals surface area contributed by atoms with Gasteiger partial charge in [0, 0.05) is 22.7 Å². The van der Waals surface area contributed by atoms with Gasteiger partial charge in [0.1, 0.15) is 13.1 Å². The molecule has 1 aromatic heterocycles. The molecule has 0 spiro atoms. The predicted molar refractivity (Wildman–Crippen MR) is 98.6 cm³/mol. The Balaban J connectivity index is 1.96. The molecule has 0 radical (unpaired) electrons. The average Bonchev–Trinajstić information content (AvgIpc) is 3.14. The lowest BCUT2D eigenvalue weighted by Crippen LogP contribution is -2.34. The second kappa shape index (κ2) is 7.67. The molecule has 2 heterocycles. The molecule has 2 amide bonds. The third-order valence-corrected chi connectivity index (χ3v) is 4.93. The Bertz CT molecular complexity index is 977. The Kier molecular flexibility index (Phi) is 5.31. The molecular weight excluding hydrogens is 372 g/mol. The van der Waals surface area contributed by atoms with E-state index >= 15 is 0 Å². The summed E-state index contributed by atoms with van der Waals surface area (Å²) in [5, 5.41) is 0.288. The second-order valence-corrected chi connectivity index (χ2v) is 6.64. The van der Waals surface area contributed by atoms with E-state index in [1.54, 1.807) is 16.8 Å². The van der Waals surface area contributed by atoms with Crippen LogP contribution in [-0.2, 0) is 30.4 Å². The van der Waals surface area contributed by atoms with E-state index in [0.29, 0.717) is 5.56 Å². The van der Waals surface area contributed by atoms with Crippen LogP contribution in [0.25, 0.3) is 17.0 Å². The highest BCUT2D eigenvalue weighted by Crippen LogP contribution is 2.34. The van der Waals surface area contributed by atoms with Crippen molar-refractivity contribution < 1.29 is 28.7 Å². The molecule has 1 aliphatic rings. The van der Waals surface area contributed by atoms with Crippen LogP contribution in [0.1, 0.15) is 5.56 Å². The van der Waals surface area contributed by atoms with Gasteiger partial charge in [-0.15, -0.1) is 0 Å². The summed E-state index contributed by atoms with van der Waals surface area (Å²) in [5.41, 5.74) is 1.47. The smallest absolute Gasteiger partial charge is 0.325 e. The number of para-hydroxylation sites is 1. The number of fused-ring (bicyclic) bond motifs is 1. The van der Waals surface area contributed by atoms with Gasteiger partial charge in [0.2, 0.25) is 0 Å². The largest absolute Gasteiger partial charge is 0.468 e. The van der Waals surface area contributed by atoms with E-state index in [-0.39, 0.29) is 11.4 Å². The molecule has 2 aromatic rings. The number of imide groups is 1. The zero-order valence-corrected chi connectivity index (χ0v) is 15.4. The Morgan fingerprint density at radius 3 is 2.44 bits per heavy atom. The van der Waals surface area contributed by atoms with Gasteiger partial charge in [-0.2, -0.15) is 0 Å². The minimum atomic E-state index is -0.673. The van der Waals surface area contributed by atoms with Crippen LogP contribution in [-0.4, -0.2) is 53.3 Å². The number of benzene rings is 1. The average molecular weight is 388 g/mol. The third-order valence-electron chi connectivity index (χ3n) is 4.02. The highest BCUT2D eigenvalue weighted by molar-refractivity contribution is 8.18. The molecule has 9 heteroatoms. The summed E-state index contributed by atoms with van der Waals surface area (Å²) in [5.74, 6) is -1.63. The molecule has 1 fully saturated rings. The maximum atomic E-state index is 12.5. The molecule has 1 aromatic carbocycles. The Labute approximate surface area is 158 Å². The molecule has 0 unspecified atom stereocenters. The van der Waals surface area contributed by atoms with Crippen LogP contribution in [0, 0.1) is 0 Å². The zero-order chi connectivity index (χ0) is 19.6. The number of carbonyl (C=O) groups is 4. The minimum absolute atomic E-state index is 0.0225. The maximum Gasteiger partial charge on any atom is 0.325 e. The van der Waals surface area contributed by atoms with E-state index in [1.807, 2.05) is 24.3 Å². The fourth-order valence-corrected chi connectivity index (χ4v) is 3.53. The van der Waals surface area contributed by atoms with Crippen LogP contribution >= 0.6 is 11.8 Å². The zero-order valence-electron chi connectivity index (χ0n) is 14.6. The van der Waals surface area contributed by atoms with Crippen LogP contribution in [0.2, 0.25) is 0 Å². The van der Waals surface area contributed by atoms with Gasteiger partial charge in [-0.1, -0.05) is 18.2 Å². The van der Waals surface area contributed by atoms with E-state index in [4.69, 9.17) is 4.74 Å². The Morgan fingerprint density at radius 1 is 1.07 bits per heavy atom. The molecule has 1 saturated heterocycles. The lowest BCUT2D eigenvalue weighted by molar-refractivity contribution is -0.143. The molecule has 0 atom stereocenters. The Morgan fingerprint density at radius 2 is 1.74 bits per heavy atom. The maximum absolute atomic E-state index is 12.5. The van der Waals surface area contributed by atoms with Gasteiger partial charge < -0.3 is 14.0 Å². The monoisotopic (exact) mass is 388 g/mol. The van der Waals surface area contributed by atoms with Gasteiger partial charge in [0.25, 0.3) is 11.1 Å². The van der Waals surface area contributed by atoms with Crippen molar-refractivity contribution in [1.82, 2.24) is 9.47 Å². The summed E-state index contributed by atoms with van der Waals surface area (Å²) in [6, 6.07) is 7.38. The topological polar surface area (TPSA) is 94.9 Å². The highest BCUT2D eigenvalue weighted by Gasteiger charge is 2.36. The van der Waals surface area contributed by atoms with Crippen LogP contribution in [0.15, 0.2) is 35.4 Å². The number of thioether (sulfide) groups is 1. The van der Waals surface area contributed by atoms with E-state index in [0.717, 1.165) is 27.6 Å². The highest BCUT2D eigenvalue weighted by atomic mass is 32.2. The fraction of sp³-hybridized carbons (Fsp3) is 0.222. The molecule has 0 N–H and O–H groups in total. The summed E-state index contributed by atoms with van der Waals surface area (Å²) in [4.78, 5) is 48.6. The summed E-state index contributed by atoms with van der Waals surface area (Å²) in [6.45, 7) is -0.405. The molecule has 27 heavy (non-hydrogen) atoms. The standard InChI is InChI=1S/C18H16N2O6S/c1-25-15(21)9-19-8-11(12-5-3-4-6-13(12)19)7-14-17(23)20(18(24)27-14)10-16(22)26-2/h3-8H,9-10H2,1-2H3/b14-7+. The van der Waals surface area contributed by atoms with Gasteiger partial charge >= 0.3 is 11.9 Å². The first kappa shape index (κ1) is 18.7. The Hall–Kier alpha value is -3.07. The molecule has 140 valence electrons. The molecule has 8 nitrogen and oxygen atoms in total. The number of aromatic nitrogens is 1. The third kappa shape index (κ3) is 3.72. The van der Waals surface area contributed by atoms with Crippen molar-refractivity contribution in [1.29, 1.82) is 0 Å². The van der Waals surface area contributed by atoms with Gasteiger partial charge in [-0.3, -0.25) is 24.1 Å². The summed E-state index contributed by atoms with van der Waals surface area (Å²) in [6.07, 6.45) is 3.30. The van der Waals surface area contributed by atoms with Gasteiger partial charge in [0.05, 0.1) is 19.1 Å². The van der Waals surface area contributed by atoms with Crippen molar-refractivity contribution in [2.45, 2.75) is 6.54 Å². The number of esters is 2. The van der Waals surface area contributed by atoms with Crippen molar-refractivity contribution in [3.63, 3.8) is 0 Å². The van der Waals surface area contributed by atoms with Crippen LogP contribution in [0.4, 0.5) is 4.79 Å². The van der Waals surface area contributed by atoms with Crippen molar-refractivity contribution in [3.05, 3.63) is 40.9 Å². The lowest BCUT2D eigenvalue weighted by atomic mass is 10.1. The van der Waals surface area contributed by atoms with Crippen LogP contribution in [0.5, 0.6) is 0 Å². The first-order valence-electron chi connectivity index (χ1n) is 7.91. The molecular formula is C18H16N2O6S. The van der Waals surface area contributed by atoms with Gasteiger partial charge in [-0.25, -0.2) is 0 Å². The first-order chi connectivity index (χ1) is 12.9. The molecule has 3 rings (SSSR count). The summed E-state index contributed by atoms with van der Waals surface area (Å²) in [7, 11) is 2.50. The van der Waals surface area contributed by atoms with E-state index in [2.05, 4.69) is 4.74 Å². The van der Waals surface area contributed by atoms with E-state index < -0.39 is 29.6 Å². The first-order valence-corrected chi connectivity index (χ1v) is 8.73. The normalized spacial score (nSPS) is 15.6. The second-order valence-electron chi connectivity index (χ2n) is 5.65. The van der Waals surface area contributed by atoms with Crippen molar-refractivity contribution in [3.8, 4) is 0 Å². The van der Waals surface area contributed by atoms with Gasteiger partial charge in [0.15, 0.2) is 0 Å². The lowest BCUT2D eigenvalue weighted by Gasteiger charge is -2.09. The molecule has 1 aliphatic heterocycles. The van der Waals surface area contributed by atoms with E-state index in [9.17, 15) is 19.2 Å². The van der Waals surface area contributed by atoms with Crippen molar-refractivity contribution in [2.75, 3.05) is 20.8 Å². The number of nitrogens with zero attached hydrogens (tertiary/aromatic N) is 2. The number of hydrogen-bond acceptors (Lipinski definition) is 7. The minimum Gasteiger partial charge on any atom is -0.468 e. The number of carbonyl (C=O) groups excluding carboxylic acids is 4. The number of rotatable bonds is 5. The number of ether oxygens (including phenoxy) is 2. The quantitative estimate of drug-likeness (QED) is 0.571. The predicted octanol–water partition coefficient (Wildman–Crippen LogP) is 2.02. The molecule has 0 aliphatic carbocycles. The van der Waals surface area contributed by atoms with Crippen LogP contribution < -0.4 is 0 Å². The summed E-state index contributed by atoms with van der Waals surface area (Å²) >= 11 is 0.755. The van der Waals surface area contributed by atoms with Crippen molar-refractivity contribution >= 4 is 51.8 Å². The van der Waals surface area contributed by atoms with Crippen LogP contribution in [0.3, 0.4) is 0 Å². The van der Waals surface area contributed by atoms with Crippen molar-refractivity contribution in [2.24, 2.45) is 0 Å². The number of hydrogen-bond donors (Lipinski definition) is 0.